The van der Waals surface area contributed by atoms with E-state index in [0.29, 0.717) is 43.0 Å². The molecule has 4 N–H and O–H groups in total. The van der Waals surface area contributed by atoms with Crippen molar-refractivity contribution in [2.24, 2.45) is 0 Å². The summed E-state index contributed by atoms with van der Waals surface area (Å²) < 4.78 is 22.6. The fraction of sp³-hybridized carbons (Fsp3) is 0.526. The van der Waals surface area contributed by atoms with Gasteiger partial charge in [0, 0.05) is 19.0 Å². The highest BCUT2D eigenvalue weighted by molar-refractivity contribution is 5.69. The lowest BCUT2D eigenvalue weighted by Crippen LogP contribution is -2.46. The third-order valence-corrected chi connectivity index (χ3v) is 5.38. The summed E-state index contributed by atoms with van der Waals surface area (Å²) in [5.74, 6) is 0. The Morgan fingerprint density at radius 1 is 1.37 bits per heavy atom. The van der Waals surface area contributed by atoms with Gasteiger partial charge in [0.15, 0.2) is 0 Å². The molecule has 0 radical (unpaired) electrons. The SMILES string of the molecule is N#C[C@]1(COC(=O)OC2CCOCC2)O[C@@H](c2ccc3c(N)ccnn23)[C@H](O)[C@@H]1O. The Morgan fingerprint density at radius 2 is 2.13 bits per heavy atom. The van der Waals surface area contributed by atoms with Crippen molar-refractivity contribution in [2.75, 3.05) is 25.6 Å². The van der Waals surface area contributed by atoms with Gasteiger partial charge in [-0.2, -0.15) is 10.4 Å². The molecular formula is C19H22N4O7. The summed E-state index contributed by atoms with van der Waals surface area (Å²) in [6.45, 7) is 0.359. The van der Waals surface area contributed by atoms with Crippen LogP contribution >= 0.6 is 0 Å². The molecule has 2 fully saturated rings. The Morgan fingerprint density at radius 3 is 2.87 bits per heavy atom. The quantitative estimate of drug-likeness (QED) is 0.589. The number of aromatic nitrogens is 2. The molecule has 2 aliphatic heterocycles. The monoisotopic (exact) mass is 418 g/mol. The van der Waals surface area contributed by atoms with E-state index in [2.05, 4.69) is 5.10 Å². The van der Waals surface area contributed by atoms with Gasteiger partial charge in [0.1, 0.15) is 37.1 Å². The summed E-state index contributed by atoms with van der Waals surface area (Å²) in [5, 5.41) is 35.0. The predicted octanol–water partition coefficient (Wildman–Crippen LogP) is 0.304. The van der Waals surface area contributed by atoms with Crippen molar-refractivity contribution in [1.82, 2.24) is 9.61 Å². The van der Waals surface area contributed by atoms with Crippen LogP contribution in [0.2, 0.25) is 0 Å². The van der Waals surface area contributed by atoms with Gasteiger partial charge in [-0.05, 0) is 18.2 Å². The Hall–Kier alpha value is -2.91. The summed E-state index contributed by atoms with van der Waals surface area (Å²) in [6.07, 6.45) is -2.90. The van der Waals surface area contributed by atoms with Gasteiger partial charge in [0.2, 0.25) is 5.60 Å². The third-order valence-electron chi connectivity index (χ3n) is 5.38. The summed E-state index contributed by atoms with van der Waals surface area (Å²) in [4.78, 5) is 12.0. The van der Waals surface area contributed by atoms with Crippen LogP contribution < -0.4 is 5.73 Å². The molecule has 11 nitrogen and oxygen atoms in total. The van der Waals surface area contributed by atoms with Crippen molar-refractivity contribution in [3.63, 3.8) is 0 Å². The highest BCUT2D eigenvalue weighted by atomic mass is 16.7. The molecule has 0 aromatic carbocycles. The van der Waals surface area contributed by atoms with Crippen LogP contribution in [0.3, 0.4) is 0 Å². The first-order valence-corrected chi connectivity index (χ1v) is 9.53. The van der Waals surface area contributed by atoms with Crippen LogP contribution in [0.1, 0.15) is 24.6 Å². The van der Waals surface area contributed by atoms with E-state index >= 15 is 0 Å². The second kappa shape index (κ2) is 8.08. The lowest BCUT2D eigenvalue weighted by atomic mass is 9.96. The number of nitriles is 1. The normalized spacial score (nSPS) is 29.6. The molecular weight excluding hydrogens is 396 g/mol. The average Bonchev–Trinajstić information content (AvgIpc) is 3.29. The molecule has 11 heteroatoms. The van der Waals surface area contributed by atoms with Gasteiger partial charge in [0.05, 0.1) is 30.1 Å². The van der Waals surface area contributed by atoms with Gasteiger partial charge in [-0.1, -0.05) is 0 Å². The number of nitrogens with zero attached hydrogens (tertiary/aromatic N) is 3. The molecule has 2 aromatic rings. The lowest BCUT2D eigenvalue weighted by molar-refractivity contribution is -0.0933. The Kier molecular flexibility index (Phi) is 5.48. The van der Waals surface area contributed by atoms with Gasteiger partial charge in [-0.25, -0.2) is 9.31 Å². The molecule has 2 aliphatic rings. The Bertz CT molecular complexity index is 967. The van der Waals surface area contributed by atoms with Crippen molar-refractivity contribution < 1.29 is 34.0 Å². The van der Waals surface area contributed by atoms with E-state index in [-0.39, 0.29) is 6.10 Å². The number of nitrogens with two attached hydrogens (primary N) is 1. The van der Waals surface area contributed by atoms with Crippen LogP contribution in [-0.2, 0) is 18.9 Å². The number of carbonyl (C=O) groups is 1. The fourth-order valence-corrected chi connectivity index (χ4v) is 3.69. The zero-order chi connectivity index (χ0) is 21.3. The van der Waals surface area contributed by atoms with E-state index in [1.807, 2.05) is 6.07 Å². The number of anilines is 1. The van der Waals surface area contributed by atoms with Gasteiger partial charge in [0.25, 0.3) is 0 Å². The average molecular weight is 418 g/mol. The van der Waals surface area contributed by atoms with Crippen LogP contribution in [0.5, 0.6) is 0 Å². The van der Waals surface area contributed by atoms with Crippen molar-refractivity contribution in [2.45, 2.75) is 42.9 Å². The van der Waals surface area contributed by atoms with Gasteiger partial charge in [-0.3, -0.25) is 0 Å². The Labute approximate surface area is 171 Å². The molecule has 0 spiro atoms. The maximum absolute atomic E-state index is 12.0. The number of ether oxygens (including phenoxy) is 4. The van der Waals surface area contributed by atoms with E-state index in [9.17, 15) is 20.3 Å². The molecule has 0 aliphatic carbocycles. The van der Waals surface area contributed by atoms with E-state index in [4.69, 9.17) is 24.7 Å². The summed E-state index contributed by atoms with van der Waals surface area (Å²) in [6, 6.07) is 6.77. The first-order valence-electron chi connectivity index (χ1n) is 9.53. The highest BCUT2D eigenvalue weighted by Crippen LogP contribution is 2.40. The van der Waals surface area contributed by atoms with Gasteiger partial charge in [-0.15, -0.1) is 0 Å². The maximum Gasteiger partial charge on any atom is 0.508 e. The molecule has 0 unspecified atom stereocenters. The standard InChI is InChI=1S/C19H22N4O7/c20-9-19(10-28-18(26)29-11-4-7-27-8-5-11)17(25)15(24)16(30-19)14-2-1-13-12(21)3-6-22-23(13)14/h1-3,6,11,15-17,24-25H,4-5,7-8,10,21H2/t15-,16-,17-,19+/m0/s1. The molecule has 2 saturated heterocycles. The number of hydrogen-bond donors (Lipinski definition) is 3. The summed E-state index contributed by atoms with van der Waals surface area (Å²) in [5.41, 5.74) is 5.40. The van der Waals surface area contributed by atoms with Crippen LogP contribution in [0.15, 0.2) is 24.4 Å². The first-order chi connectivity index (χ1) is 14.4. The number of nitrogen functional groups attached to an aromatic ring is 1. The minimum Gasteiger partial charge on any atom is -0.431 e. The number of rotatable bonds is 4. The third kappa shape index (κ3) is 3.54. The minimum atomic E-state index is -1.97. The molecule has 160 valence electrons. The molecule has 4 atom stereocenters. The number of carbonyl (C=O) groups excluding carboxylic acids is 1. The van der Waals surface area contributed by atoms with E-state index < -0.39 is 36.7 Å². The number of fused-ring (bicyclic) bond motifs is 1. The van der Waals surface area contributed by atoms with Crippen molar-refractivity contribution in [3.05, 3.63) is 30.1 Å². The van der Waals surface area contributed by atoms with E-state index in [1.54, 1.807) is 18.2 Å². The van der Waals surface area contributed by atoms with Crippen LogP contribution in [0.25, 0.3) is 5.52 Å². The number of aliphatic hydroxyl groups excluding tert-OH is 2. The van der Waals surface area contributed by atoms with E-state index in [0.717, 1.165) is 0 Å². The van der Waals surface area contributed by atoms with Crippen LogP contribution in [0, 0.1) is 11.3 Å². The lowest BCUT2D eigenvalue weighted by Gasteiger charge is -2.25. The zero-order valence-corrected chi connectivity index (χ0v) is 16.0. The summed E-state index contributed by atoms with van der Waals surface area (Å²) in [7, 11) is 0. The maximum atomic E-state index is 12.0. The molecule has 4 rings (SSSR count). The molecule has 0 saturated carbocycles. The first kappa shape index (κ1) is 20.4. The molecule has 30 heavy (non-hydrogen) atoms. The summed E-state index contributed by atoms with van der Waals surface area (Å²) >= 11 is 0. The second-order valence-electron chi connectivity index (χ2n) is 7.29. The number of aliphatic hydroxyl groups is 2. The Balaban J connectivity index is 1.49. The minimum absolute atomic E-state index is 0.333. The van der Waals surface area contributed by atoms with Crippen molar-refractivity contribution in [1.29, 1.82) is 5.26 Å². The second-order valence-corrected chi connectivity index (χ2v) is 7.29. The van der Waals surface area contributed by atoms with Gasteiger partial charge >= 0.3 is 6.16 Å². The fourth-order valence-electron chi connectivity index (χ4n) is 3.69. The zero-order valence-electron chi connectivity index (χ0n) is 16.0. The van der Waals surface area contributed by atoms with Crippen LogP contribution in [0.4, 0.5) is 10.5 Å². The topological polar surface area (TPSA) is 162 Å². The highest BCUT2D eigenvalue weighted by Gasteiger charge is 2.57. The van der Waals surface area contributed by atoms with Crippen LogP contribution in [-0.4, -0.2) is 69.7 Å². The molecule has 2 aromatic heterocycles. The smallest absolute Gasteiger partial charge is 0.431 e. The largest absolute Gasteiger partial charge is 0.508 e. The van der Waals surface area contributed by atoms with Crippen molar-refractivity contribution >= 4 is 17.4 Å². The predicted molar refractivity (Wildman–Crippen MR) is 100 cm³/mol. The van der Waals surface area contributed by atoms with E-state index in [1.165, 1.54) is 10.7 Å². The molecule has 0 amide bonds. The van der Waals surface area contributed by atoms with Crippen molar-refractivity contribution in [3.8, 4) is 6.07 Å². The molecule has 0 bridgehead atoms. The molecule has 4 heterocycles. The number of hydrogen-bond acceptors (Lipinski definition) is 10. The van der Waals surface area contributed by atoms with Gasteiger partial charge < -0.3 is 34.9 Å².